The van der Waals surface area contributed by atoms with Gasteiger partial charge in [-0.15, -0.1) is 0 Å². The summed E-state index contributed by atoms with van der Waals surface area (Å²) in [5, 5.41) is 13.1. The summed E-state index contributed by atoms with van der Waals surface area (Å²) in [6, 6.07) is 4.62. The Kier molecular flexibility index (Phi) is 4.57. The molecule has 1 aromatic carbocycles. The highest BCUT2D eigenvalue weighted by atomic mass is 19.1. The van der Waals surface area contributed by atoms with Gasteiger partial charge in [-0.1, -0.05) is 25.8 Å². The van der Waals surface area contributed by atoms with Crippen LogP contribution in [0, 0.1) is 5.82 Å². The highest BCUT2D eigenvalue weighted by Gasteiger charge is 2.25. The van der Waals surface area contributed by atoms with Gasteiger partial charge in [-0.25, -0.2) is 9.37 Å². The van der Waals surface area contributed by atoms with Gasteiger partial charge in [-0.2, -0.15) is 4.98 Å². The summed E-state index contributed by atoms with van der Waals surface area (Å²) in [5.41, 5.74) is 5.56. The van der Waals surface area contributed by atoms with E-state index in [0.29, 0.717) is 16.7 Å². The van der Waals surface area contributed by atoms with Crippen molar-refractivity contribution in [2.24, 2.45) is 0 Å². The molecule has 1 unspecified atom stereocenters. The maximum atomic E-state index is 14.1. The number of nitrogens with one attached hydrogen (secondary N) is 1. The quantitative estimate of drug-likeness (QED) is 0.762. The van der Waals surface area contributed by atoms with Gasteiger partial charge in [0, 0.05) is 0 Å². The number of nitrogens with two attached hydrogens (primary N) is 1. The summed E-state index contributed by atoms with van der Waals surface area (Å²) in [7, 11) is 0. The molecule has 0 aliphatic carbocycles. The summed E-state index contributed by atoms with van der Waals surface area (Å²) in [6.45, 7) is 3.88. The zero-order valence-electron chi connectivity index (χ0n) is 12.4. The van der Waals surface area contributed by atoms with Crippen molar-refractivity contribution in [1.29, 1.82) is 0 Å². The molecule has 5 nitrogen and oxygen atoms in total. The largest absolute Gasteiger partial charge is 0.394 e. The molecule has 114 valence electrons. The van der Waals surface area contributed by atoms with E-state index in [0.717, 1.165) is 19.3 Å². The van der Waals surface area contributed by atoms with Crippen LogP contribution in [0.1, 0.15) is 33.1 Å². The zero-order chi connectivity index (χ0) is 15.5. The van der Waals surface area contributed by atoms with Gasteiger partial charge in [0.2, 0.25) is 5.95 Å². The highest BCUT2D eigenvalue weighted by molar-refractivity contribution is 5.90. The molecule has 0 aliphatic rings. The zero-order valence-corrected chi connectivity index (χ0v) is 12.4. The topological polar surface area (TPSA) is 84.1 Å². The number of fused-ring (bicyclic) bond motifs is 1. The van der Waals surface area contributed by atoms with E-state index in [-0.39, 0.29) is 12.6 Å². The van der Waals surface area contributed by atoms with Crippen LogP contribution in [0.5, 0.6) is 0 Å². The second-order valence-corrected chi connectivity index (χ2v) is 5.51. The Balaban J connectivity index is 2.45. The van der Waals surface area contributed by atoms with Crippen LogP contribution in [-0.2, 0) is 0 Å². The molecule has 0 amide bonds. The molecule has 1 heterocycles. The van der Waals surface area contributed by atoms with Gasteiger partial charge in [0.25, 0.3) is 0 Å². The maximum absolute atomic E-state index is 14.1. The number of aliphatic hydroxyl groups excluding tert-OH is 1. The first-order chi connectivity index (χ1) is 9.99. The molecule has 0 saturated heterocycles. The summed E-state index contributed by atoms with van der Waals surface area (Å²) < 4.78 is 14.1. The number of halogens is 1. The molecule has 0 aliphatic heterocycles. The Labute approximate surface area is 123 Å². The first kappa shape index (κ1) is 15.4. The van der Waals surface area contributed by atoms with E-state index in [1.165, 1.54) is 6.07 Å². The monoisotopic (exact) mass is 292 g/mol. The van der Waals surface area contributed by atoms with Gasteiger partial charge >= 0.3 is 0 Å². The second-order valence-electron chi connectivity index (χ2n) is 5.51. The normalized spacial score (nSPS) is 14.1. The standard InChI is InChI=1S/C15H21FN4O/c1-3-4-8-15(2,9-21)20-13-12-10(16)6-5-7-11(12)18-14(17)19-13/h5-7,21H,3-4,8-9H2,1-2H3,(H3,17,18,19,20). The maximum Gasteiger partial charge on any atom is 0.222 e. The van der Waals surface area contributed by atoms with Crippen molar-refractivity contribution >= 4 is 22.7 Å². The van der Waals surface area contributed by atoms with Gasteiger partial charge in [-0.05, 0) is 25.5 Å². The molecule has 0 saturated carbocycles. The third-order valence-corrected chi connectivity index (χ3v) is 3.54. The van der Waals surface area contributed by atoms with E-state index in [2.05, 4.69) is 22.2 Å². The summed E-state index contributed by atoms with van der Waals surface area (Å²) >= 11 is 0. The van der Waals surface area contributed by atoms with Crippen molar-refractivity contribution in [3.8, 4) is 0 Å². The van der Waals surface area contributed by atoms with Crippen LogP contribution in [0.4, 0.5) is 16.2 Å². The molecule has 1 aromatic heterocycles. The van der Waals surface area contributed by atoms with Crippen LogP contribution in [-0.4, -0.2) is 27.2 Å². The lowest BCUT2D eigenvalue weighted by molar-refractivity contribution is 0.212. The third kappa shape index (κ3) is 3.39. The molecular weight excluding hydrogens is 271 g/mol. The fourth-order valence-corrected chi connectivity index (χ4v) is 2.28. The van der Waals surface area contributed by atoms with Gasteiger partial charge in [-0.3, -0.25) is 0 Å². The van der Waals surface area contributed by atoms with Crippen LogP contribution in [0.15, 0.2) is 18.2 Å². The van der Waals surface area contributed by atoms with E-state index < -0.39 is 11.4 Å². The number of benzene rings is 1. The van der Waals surface area contributed by atoms with Crippen LogP contribution in [0.3, 0.4) is 0 Å². The molecule has 0 spiro atoms. The minimum absolute atomic E-state index is 0.0754. The number of nitrogen functional groups attached to an aromatic ring is 1. The average Bonchev–Trinajstić information content (AvgIpc) is 2.44. The Morgan fingerprint density at radius 1 is 1.38 bits per heavy atom. The second kappa shape index (κ2) is 6.22. The van der Waals surface area contributed by atoms with E-state index in [9.17, 15) is 9.50 Å². The SMILES string of the molecule is CCCCC(C)(CO)Nc1nc(N)nc2cccc(F)c12. The van der Waals surface area contributed by atoms with Crippen molar-refractivity contribution in [2.75, 3.05) is 17.7 Å². The molecule has 2 aromatic rings. The molecule has 0 radical (unpaired) electrons. The predicted octanol–water partition coefficient (Wildman–Crippen LogP) is 2.70. The number of anilines is 2. The number of rotatable bonds is 6. The minimum Gasteiger partial charge on any atom is -0.394 e. The molecule has 4 N–H and O–H groups in total. The first-order valence-corrected chi connectivity index (χ1v) is 7.10. The highest BCUT2D eigenvalue weighted by Crippen LogP contribution is 2.28. The van der Waals surface area contributed by atoms with E-state index in [1.54, 1.807) is 12.1 Å². The van der Waals surface area contributed by atoms with Crippen molar-refractivity contribution in [3.63, 3.8) is 0 Å². The van der Waals surface area contributed by atoms with Crippen molar-refractivity contribution in [1.82, 2.24) is 9.97 Å². The lowest BCUT2D eigenvalue weighted by Gasteiger charge is -2.30. The molecule has 0 fully saturated rings. The van der Waals surface area contributed by atoms with Crippen LogP contribution >= 0.6 is 0 Å². The first-order valence-electron chi connectivity index (χ1n) is 7.10. The molecule has 6 heteroatoms. The van der Waals surface area contributed by atoms with E-state index >= 15 is 0 Å². The average molecular weight is 292 g/mol. The summed E-state index contributed by atoms with van der Waals surface area (Å²) in [4.78, 5) is 8.15. The summed E-state index contributed by atoms with van der Waals surface area (Å²) in [6.07, 6.45) is 2.71. The minimum atomic E-state index is -0.577. The van der Waals surface area contributed by atoms with E-state index in [1.807, 2.05) is 6.92 Å². The Morgan fingerprint density at radius 2 is 2.14 bits per heavy atom. The van der Waals surface area contributed by atoms with Crippen LogP contribution in [0.25, 0.3) is 10.9 Å². The van der Waals surface area contributed by atoms with E-state index in [4.69, 9.17) is 5.73 Å². The number of unbranched alkanes of at least 4 members (excludes halogenated alkanes) is 1. The van der Waals surface area contributed by atoms with Gasteiger partial charge in [0.15, 0.2) is 0 Å². The molecular formula is C15H21FN4O. The van der Waals surface area contributed by atoms with Gasteiger partial charge in [0.1, 0.15) is 11.6 Å². The molecule has 1 atom stereocenters. The Bertz CT molecular complexity index is 634. The number of nitrogens with zero attached hydrogens (tertiary/aromatic N) is 2. The van der Waals surface area contributed by atoms with Crippen LogP contribution in [0.2, 0.25) is 0 Å². The van der Waals surface area contributed by atoms with Gasteiger partial charge < -0.3 is 16.2 Å². The van der Waals surface area contributed by atoms with Crippen molar-refractivity contribution in [3.05, 3.63) is 24.0 Å². The smallest absolute Gasteiger partial charge is 0.222 e. The Morgan fingerprint density at radius 3 is 2.81 bits per heavy atom. The third-order valence-electron chi connectivity index (χ3n) is 3.54. The van der Waals surface area contributed by atoms with Crippen molar-refractivity contribution < 1.29 is 9.50 Å². The fraction of sp³-hybridized carbons (Fsp3) is 0.467. The fourth-order valence-electron chi connectivity index (χ4n) is 2.28. The van der Waals surface area contributed by atoms with Crippen LogP contribution < -0.4 is 11.1 Å². The number of aliphatic hydroxyl groups is 1. The number of aromatic nitrogens is 2. The molecule has 2 rings (SSSR count). The van der Waals surface area contributed by atoms with Gasteiger partial charge in [0.05, 0.1) is 23.0 Å². The Hall–Kier alpha value is -1.95. The lowest BCUT2D eigenvalue weighted by atomic mass is 9.95. The predicted molar refractivity (Wildman–Crippen MR) is 82.5 cm³/mol. The molecule has 21 heavy (non-hydrogen) atoms. The molecule has 0 bridgehead atoms. The number of hydrogen-bond acceptors (Lipinski definition) is 5. The summed E-state index contributed by atoms with van der Waals surface area (Å²) in [5.74, 6) is -0.0135. The lowest BCUT2D eigenvalue weighted by Crippen LogP contribution is -2.39. The number of hydrogen-bond donors (Lipinski definition) is 3. The van der Waals surface area contributed by atoms with Crippen molar-refractivity contribution in [2.45, 2.75) is 38.6 Å².